The highest BCUT2D eigenvalue weighted by Crippen LogP contribution is 1.62. The summed E-state index contributed by atoms with van der Waals surface area (Å²) in [5.74, 6) is 0. The first-order valence-corrected chi connectivity index (χ1v) is 2.28. The lowest BCUT2D eigenvalue weighted by molar-refractivity contribution is 1.14. The van der Waals surface area contributed by atoms with Crippen molar-refractivity contribution in [2.45, 2.75) is 6.92 Å². The summed E-state index contributed by atoms with van der Waals surface area (Å²) in [4.78, 5) is 3.87. The van der Waals surface area contributed by atoms with Crippen LogP contribution in [-0.2, 0) is 0 Å². The van der Waals surface area contributed by atoms with Gasteiger partial charge in [0.25, 0.3) is 0 Å². The van der Waals surface area contributed by atoms with Crippen molar-refractivity contribution in [3.8, 4) is 0 Å². The van der Waals surface area contributed by atoms with E-state index in [2.05, 4.69) is 4.99 Å². The largest absolute Gasteiger partial charge is 0.405 e. The van der Waals surface area contributed by atoms with Crippen molar-refractivity contribution in [2.75, 3.05) is 6.54 Å². The van der Waals surface area contributed by atoms with E-state index in [4.69, 9.17) is 5.73 Å². The average Bonchev–Trinajstić information content (AvgIpc) is 1.69. The van der Waals surface area contributed by atoms with Crippen molar-refractivity contribution >= 4 is 6.21 Å². The monoisotopic (exact) mass is 98.1 g/mol. The normalized spacial score (nSPS) is 11.6. The van der Waals surface area contributed by atoms with E-state index in [1.54, 1.807) is 12.3 Å². The molecule has 0 fully saturated rings. The van der Waals surface area contributed by atoms with Crippen molar-refractivity contribution in [2.24, 2.45) is 10.7 Å². The van der Waals surface area contributed by atoms with Gasteiger partial charge in [-0.15, -0.1) is 0 Å². The molecule has 0 amide bonds. The Hall–Kier alpha value is -0.790. The summed E-state index contributed by atoms with van der Waals surface area (Å²) < 4.78 is 0. The second kappa shape index (κ2) is 5.21. The number of nitrogens with two attached hydrogens (primary N) is 1. The number of rotatable bonds is 2. The van der Waals surface area contributed by atoms with Gasteiger partial charge < -0.3 is 5.73 Å². The van der Waals surface area contributed by atoms with Crippen LogP contribution in [0.3, 0.4) is 0 Å². The zero-order chi connectivity index (χ0) is 5.54. The maximum atomic E-state index is 5.00. The van der Waals surface area contributed by atoms with E-state index in [0.717, 1.165) is 6.54 Å². The fourth-order valence-corrected chi connectivity index (χ4v) is 0.216. The topological polar surface area (TPSA) is 38.4 Å². The van der Waals surface area contributed by atoms with Gasteiger partial charge in [0, 0.05) is 12.8 Å². The Bertz CT molecular complexity index is 74.1. The average molecular weight is 98.1 g/mol. The third kappa shape index (κ3) is 5.21. The molecule has 2 nitrogen and oxygen atoms in total. The quantitative estimate of drug-likeness (QED) is 0.503. The fraction of sp³-hybridized carbons (Fsp3) is 0.400. The highest BCUT2D eigenvalue weighted by Gasteiger charge is 1.57. The molecular formula is C5H10N2. The van der Waals surface area contributed by atoms with Gasteiger partial charge in [0.05, 0.1) is 0 Å². The first-order valence-electron chi connectivity index (χ1n) is 2.28. The van der Waals surface area contributed by atoms with Crippen LogP contribution in [0.15, 0.2) is 17.3 Å². The molecule has 0 rings (SSSR count). The molecule has 0 bridgehead atoms. The van der Waals surface area contributed by atoms with E-state index in [9.17, 15) is 0 Å². The minimum atomic E-state index is 0.824. The van der Waals surface area contributed by atoms with Crippen molar-refractivity contribution in [1.29, 1.82) is 0 Å². The Morgan fingerprint density at radius 2 is 2.43 bits per heavy atom. The van der Waals surface area contributed by atoms with Gasteiger partial charge in [-0.3, -0.25) is 4.99 Å². The third-order valence-corrected chi connectivity index (χ3v) is 0.485. The van der Waals surface area contributed by atoms with Crippen molar-refractivity contribution in [1.82, 2.24) is 0 Å². The van der Waals surface area contributed by atoms with Crippen LogP contribution in [-0.4, -0.2) is 12.8 Å². The summed E-state index contributed by atoms with van der Waals surface area (Å²) in [5.41, 5.74) is 5.00. The van der Waals surface area contributed by atoms with Gasteiger partial charge in [-0.2, -0.15) is 0 Å². The van der Waals surface area contributed by atoms with Gasteiger partial charge in [-0.25, -0.2) is 0 Å². The molecule has 0 aliphatic rings. The van der Waals surface area contributed by atoms with E-state index >= 15 is 0 Å². The standard InChI is InChI=1S/C5H10N2/c1-2-7-5-3-4-6/h3-5H,2,6H2,1H3/b4-3+,7-5?. The molecule has 2 N–H and O–H groups in total. The molecule has 0 spiro atoms. The zero-order valence-electron chi connectivity index (χ0n) is 4.46. The van der Waals surface area contributed by atoms with Crippen molar-refractivity contribution in [3.63, 3.8) is 0 Å². The lowest BCUT2D eigenvalue weighted by atomic mass is 10.6. The van der Waals surface area contributed by atoms with E-state index in [0.29, 0.717) is 0 Å². The maximum Gasteiger partial charge on any atom is 0.0360 e. The highest BCUT2D eigenvalue weighted by molar-refractivity contribution is 5.70. The number of hydrogen-bond donors (Lipinski definition) is 1. The minimum absolute atomic E-state index is 0.824. The second-order valence-corrected chi connectivity index (χ2v) is 1.03. The SMILES string of the molecule is CCN=C/C=C/N. The molecule has 0 aromatic heterocycles. The molecule has 0 aliphatic carbocycles. The van der Waals surface area contributed by atoms with Gasteiger partial charge in [-0.1, -0.05) is 0 Å². The van der Waals surface area contributed by atoms with Gasteiger partial charge >= 0.3 is 0 Å². The Morgan fingerprint density at radius 3 is 2.86 bits per heavy atom. The summed E-state index contributed by atoms with van der Waals surface area (Å²) in [7, 11) is 0. The predicted octanol–water partition coefficient (Wildman–Crippen LogP) is 0.550. The van der Waals surface area contributed by atoms with Crippen LogP contribution < -0.4 is 5.73 Å². The zero-order valence-corrected chi connectivity index (χ0v) is 4.46. The Kier molecular flexibility index (Phi) is 4.62. The molecule has 0 aromatic carbocycles. The highest BCUT2D eigenvalue weighted by atomic mass is 14.7. The van der Waals surface area contributed by atoms with Crippen molar-refractivity contribution < 1.29 is 0 Å². The first kappa shape index (κ1) is 6.21. The Balaban J connectivity index is 3.09. The fourth-order valence-electron chi connectivity index (χ4n) is 0.216. The number of hydrogen-bond acceptors (Lipinski definition) is 2. The molecule has 0 saturated heterocycles. The van der Waals surface area contributed by atoms with Crippen LogP contribution in [0.2, 0.25) is 0 Å². The van der Waals surface area contributed by atoms with Crippen LogP contribution in [0, 0.1) is 0 Å². The predicted molar refractivity (Wildman–Crippen MR) is 32.4 cm³/mol. The second-order valence-electron chi connectivity index (χ2n) is 1.03. The summed E-state index contributed by atoms with van der Waals surface area (Å²) in [6.07, 6.45) is 4.84. The minimum Gasteiger partial charge on any atom is -0.405 e. The van der Waals surface area contributed by atoms with E-state index < -0.39 is 0 Å². The molecule has 0 aliphatic heterocycles. The van der Waals surface area contributed by atoms with Crippen LogP contribution in [0.4, 0.5) is 0 Å². The van der Waals surface area contributed by atoms with E-state index in [-0.39, 0.29) is 0 Å². The third-order valence-electron chi connectivity index (χ3n) is 0.485. The molecule has 0 radical (unpaired) electrons. The lowest BCUT2D eigenvalue weighted by Gasteiger charge is -1.72. The Morgan fingerprint density at radius 1 is 1.71 bits per heavy atom. The van der Waals surface area contributed by atoms with E-state index in [1.165, 1.54) is 6.20 Å². The smallest absolute Gasteiger partial charge is 0.0360 e. The molecule has 2 heteroatoms. The van der Waals surface area contributed by atoms with Crippen LogP contribution in [0.5, 0.6) is 0 Å². The summed E-state index contributed by atoms with van der Waals surface area (Å²) in [6, 6.07) is 0. The molecule has 0 heterocycles. The molecule has 0 aromatic rings. The first-order chi connectivity index (χ1) is 3.41. The van der Waals surface area contributed by atoms with Gasteiger partial charge in [0.2, 0.25) is 0 Å². The number of aliphatic imine (C=N–C) groups is 1. The van der Waals surface area contributed by atoms with Gasteiger partial charge in [0.15, 0.2) is 0 Å². The van der Waals surface area contributed by atoms with Crippen LogP contribution in [0.25, 0.3) is 0 Å². The maximum absolute atomic E-state index is 5.00. The number of allylic oxidation sites excluding steroid dienone is 1. The van der Waals surface area contributed by atoms with E-state index in [1.807, 2.05) is 6.92 Å². The summed E-state index contributed by atoms with van der Waals surface area (Å²) in [6.45, 7) is 2.80. The summed E-state index contributed by atoms with van der Waals surface area (Å²) in [5, 5.41) is 0. The molecule has 0 atom stereocenters. The van der Waals surface area contributed by atoms with Crippen LogP contribution >= 0.6 is 0 Å². The summed E-state index contributed by atoms with van der Waals surface area (Å²) >= 11 is 0. The molecule has 7 heavy (non-hydrogen) atoms. The van der Waals surface area contributed by atoms with Crippen LogP contribution in [0.1, 0.15) is 6.92 Å². The molecular weight excluding hydrogens is 88.1 g/mol. The van der Waals surface area contributed by atoms with Gasteiger partial charge in [0.1, 0.15) is 0 Å². The number of nitrogens with zero attached hydrogens (tertiary/aromatic N) is 1. The molecule has 0 unspecified atom stereocenters. The molecule has 0 saturated carbocycles. The van der Waals surface area contributed by atoms with Crippen molar-refractivity contribution in [3.05, 3.63) is 12.3 Å². The Labute approximate surface area is 43.7 Å². The molecule has 40 valence electrons. The lowest BCUT2D eigenvalue weighted by Crippen LogP contribution is -1.76. The van der Waals surface area contributed by atoms with Gasteiger partial charge in [-0.05, 0) is 19.2 Å².